The molecule has 28 heavy (non-hydrogen) atoms. The van der Waals surface area contributed by atoms with Gasteiger partial charge >= 0.3 is 0 Å². The molecular weight excluding hydrogens is 350 g/mol. The van der Waals surface area contributed by atoms with Gasteiger partial charge in [-0.05, 0) is 80.5 Å². The summed E-state index contributed by atoms with van der Waals surface area (Å²) in [5.41, 5.74) is -0.157. The third kappa shape index (κ3) is 3.18. The van der Waals surface area contributed by atoms with Gasteiger partial charge in [0.15, 0.2) is 0 Å². The molecule has 4 aliphatic rings. The lowest BCUT2D eigenvalue weighted by Crippen LogP contribution is -2.59. The van der Waals surface area contributed by atoms with Gasteiger partial charge in [0.25, 0.3) is 0 Å². The van der Waals surface area contributed by atoms with Gasteiger partial charge in [0.1, 0.15) is 0 Å². The molecule has 0 bridgehead atoms. The van der Waals surface area contributed by atoms with E-state index in [9.17, 15) is 15.3 Å². The van der Waals surface area contributed by atoms with Gasteiger partial charge < -0.3 is 15.3 Å². The normalized spacial score (nSPS) is 48.2. The molecule has 0 radical (unpaired) electrons. The van der Waals surface area contributed by atoms with Gasteiger partial charge in [0, 0.05) is 25.0 Å². The molecule has 4 saturated carbocycles. The maximum absolute atomic E-state index is 11.9. The lowest BCUT2D eigenvalue weighted by atomic mass is 9.44. The summed E-state index contributed by atoms with van der Waals surface area (Å²) in [6.45, 7) is 6.82. The van der Waals surface area contributed by atoms with E-state index in [4.69, 9.17) is 0 Å². The fourth-order valence-corrected chi connectivity index (χ4v) is 8.59. The average Bonchev–Trinajstić information content (AvgIpc) is 2.93. The summed E-state index contributed by atoms with van der Waals surface area (Å²) in [4.78, 5) is 2.07. The van der Waals surface area contributed by atoms with Crippen LogP contribution < -0.4 is 0 Å². The number of hydrogen-bond donors (Lipinski definition) is 3. The molecule has 4 fully saturated rings. The maximum atomic E-state index is 11.9. The molecule has 7 atom stereocenters. The number of aliphatic hydroxyl groups is 3. The highest BCUT2D eigenvalue weighted by atomic mass is 16.3. The second-order valence-corrected chi connectivity index (χ2v) is 11.2. The van der Waals surface area contributed by atoms with E-state index in [1.54, 1.807) is 0 Å². The highest BCUT2D eigenvalue weighted by molar-refractivity contribution is 5.14. The van der Waals surface area contributed by atoms with Crippen molar-refractivity contribution in [3.05, 3.63) is 0 Å². The van der Waals surface area contributed by atoms with Crippen molar-refractivity contribution in [1.29, 1.82) is 0 Å². The van der Waals surface area contributed by atoms with E-state index >= 15 is 0 Å². The Morgan fingerprint density at radius 1 is 0.821 bits per heavy atom. The third-order valence-electron chi connectivity index (χ3n) is 10.2. The number of rotatable bonds is 6. The topological polar surface area (TPSA) is 63.9 Å². The largest absolute Gasteiger partial charge is 0.395 e. The van der Waals surface area contributed by atoms with E-state index < -0.39 is 5.60 Å². The Bertz CT molecular complexity index is 550. The molecule has 0 aliphatic heterocycles. The van der Waals surface area contributed by atoms with Crippen molar-refractivity contribution in [3.63, 3.8) is 0 Å². The van der Waals surface area contributed by atoms with Crippen molar-refractivity contribution in [2.75, 3.05) is 32.8 Å². The first-order chi connectivity index (χ1) is 13.4. The minimum atomic E-state index is -0.683. The van der Waals surface area contributed by atoms with Crippen LogP contribution in [0.25, 0.3) is 0 Å². The number of hydrogen-bond acceptors (Lipinski definition) is 4. The predicted molar refractivity (Wildman–Crippen MR) is 112 cm³/mol. The highest BCUT2D eigenvalue weighted by Gasteiger charge is 2.64. The fraction of sp³-hybridized carbons (Fsp3) is 1.00. The lowest BCUT2D eigenvalue weighted by molar-refractivity contribution is -0.158. The molecule has 3 N–H and O–H groups in total. The zero-order chi connectivity index (χ0) is 20.0. The Balaban J connectivity index is 1.54. The lowest BCUT2D eigenvalue weighted by Gasteiger charge is -2.61. The number of fused-ring (bicyclic) bond motifs is 5. The minimum Gasteiger partial charge on any atom is -0.395 e. The number of aliphatic hydroxyl groups excluding tert-OH is 2. The molecule has 162 valence electrons. The van der Waals surface area contributed by atoms with Crippen molar-refractivity contribution >= 4 is 0 Å². The van der Waals surface area contributed by atoms with Crippen LogP contribution in [0.3, 0.4) is 0 Å². The molecular formula is C24H43NO3. The Morgan fingerprint density at radius 2 is 1.54 bits per heavy atom. The smallest absolute Gasteiger partial charge is 0.0830 e. The van der Waals surface area contributed by atoms with E-state index in [1.807, 2.05) is 0 Å². The monoisotopic (exact) mass is 393 g/mol. The molecule has 0 aromatic carbocycles. The molecule has 0 spiro atoms. The van der Waals surface area contributed by atoms with Crippen LogP contribution >= 0.6 is 0 Å². The summed E-state index contributed by atoms with van der Waals surface area (Å²) in [5, 5.41) is 30.7. The summed E-state index contributed by atoms with van der Waals surface area (Å²) < 4.78 is 0. The van der Waals surface area contributed by atoms with Crippen molar-refractivity contribution in [1.82, 2.24) is 4.90 Å². The second kappa shape index (κ2) is 7.83. The van der Waals surface area contributed by atoms with Crippen LogP contribution in [0.4, 0.5) is 0 Å². The molecule has 0 saturated heterocycles. The molecule has 4 heteroatoms. The van der Waals surface area contributed by atoms with Crippen LogP contribution in [0.2, 0.25) is 0 Å². The van der Waals surface area contributed by atoms with Gasteiger partial charge in [-0.2, -0.15) is 0 Å². The average molecular weight is 394 g/mol. The molecule has 0 heterocycles. The Kier molecular flexibility index (Phi) is 5.90. The van der Waals surface area contributed by atoms with Crippen LogP contribution in [0.5, 0.6) is 0 Å². The fourth-order valence-electron chi connectivity index (χ4n) is 8.59. The van der Waals surface area contributed by atoms with Gasteiger partial charge in [0.2, 0.25) is 0 Å². The molecule has 7 unspecified atom stereocenters. The summed E-state index contributed by atoms with van der Waals surface area (Å²) >= 11 is 0. The van der Waals surface area contributed by atoms with E-state index in [0.717, 1.165) is 37.0 Å². The molecule has 4 rings (SSSR count). The highest BCUT2D eigenvalue weighted by Crippen LogP contribution is 2.68. The summed E-state index contributed by atoms with van der Waals surface area (Å²) in [7, 11) is 0. The SMILES string of the molecule is CC12CCCCC1CCC1C2CCC2(C)C1CCC2(O)CN(CCO)CCO. The molecule has 0 amide bonds. The first-order valence-electron chi connectivity index (χ1n) is 12.0. The van der Waals surface area contributed by atoms with Crippen LogP contribution in [0, 0.1) is 34.5 Å². The standard InChI is InChI=1S/C24H43NO3/c1-22-10-4-3-5-18(22)6-7-19-20(22)8-11-23(2)21(19)9-12-24(23,28)17-25(13-15-26)14-16-27/h18-21,26-28H,3-17H2,1-2H3. The van der Waals surface area contributed by atoms with E-state index in [-0.39, 0.29) is 18.6 Å². The summed E-state index contributed by atoms with van der Waals surface area (Å²) in [6.07, 6.45) is 13.0. The van der Waals surface area contributed by atoms with Gasteiger partial charge in [-0.3, -0.25) is 4.90 Å². The zero-order valence-electron chi connectivity index (χ0n) is 18.2. The quantitative estimate of drug-likeness (QED) is 0.647. The van der Waals surface area contributed by atoms with Crippen LogP contribution in [0.15, 0.2) is 0 Å². The van der Waals surface area contributed by atoms with Crippen molar-refractivity contribution < 1.29 is 15.3 Å². The van der Waals surface area contributed by atoms with E-state index in [0.29, 0.717) is 31.0 Å². The van der Waals surface area contributed by atoms with Crippen molar-refractivity contribution in [2.24, 2.45) is 34.5 Å². The zero-order valence-corrected chi connectivity index (χ0v) is 18.2. The predicted octanol–water partition coefficient (Wildman–Crippen LogP) is 3.44. The van der Waals surface area contributed by atoms with Crippen molar-refractivity contribution in [2.45, 2.75) is 83.7 Å². The minimum absolute atomic E-state index is 0.0187. The van der Waals surface area contributed by atoms with E-state index in [2.05, 4.69) is 18.7 Å². The molecule has 4 nitrogen and oxygen atoms in total. The maximum Gasteiger partial charge on any atom is 0.0830 e. The second-order valence-electron chi connectivity index (χ2n) is 11.2. The first kappa shape index (κ1) is 21.1. The Hall–Kier alpha value is -0.160. The Labute approximate surface area is 171 Å². The first-order valence-corrected chi connectivity index (χ1v) is 12.0. The summed E-state index contributed by atoms with van der Waals surface area (Å²) in [5.74, 6) is 3.23. The van der Waals surface area contributed by atoms with Gasteiger partial charge in [-0.25, -0.2) is 0 Å². The summed E-state index contributed by atoms with van der Waals surface area (Å²) in [6, 6.07) is 0. The molecule has 0 aromatic heterocycles. The van der Waals surface area contributed by atoms with Crippen molar-refractivity contribution in [3.8, 4) is 0 Å². The van der Waals surface area contributed by atoms with Gasteiger partial charge in [0.05, 0.1) is 18.8 Å². The van der Waals surface area contributed by atoms with E-state index in [1.165, 1.54) is 44.9 Å². The number of nitrogens with zero attached hydrogens (tertiary/aromatic N) is 1. The van der Waals surface area contributed by atoms with Crippen LogP contribution in [0.1, 0.15) is 78.1 Å². The molecule has 0 aromatic rings. The third-order valence-corrected chi connectivity index (χ3v) is 10.2. The van der Waals surface area contributed by atoms with Crippen LogP contribution in [-0.2, 0) is 0 Å². The molecule has 4 aliphatic carbocycles. The van der Waals surface area contributed by atoms with Crippen LogP contribution in [-0.4, -0.2) is 58.7 Å². The van der Waals surface area contributed by atoms with Gasteiger partial charge in [-0.15, -0.1) is 0 Å². The Morgan fingerprint density at radius 3 is 2.25 bits per heavy atom. The van der Waals surface area contributed by atoms with Gasteiger partial charge in [-0.1, -0.05) is 26.7 Å².